The Balaban J connectivity index is 1.67. The summed E-state index contributed by atoms with van der Waals surface area (Å²) in [6.45, 7) is -0.644. The first kappa shape index (κ1) is 22.3. The summed E-state index contributed by atoms with van der Waals surface area (Å²) in [6, 6.07) is 13.8. The molecule has 0 fully saturated rings. The van der Waals surface area contributed by atoms with Crippen molar-refractivity contribution in [3.05, 3.63) is 93.8 Å². The van der Waals surface area contributed by atoms with E-state index in [1.165, 1.54) is 12.1 Å². The number of halogens is 3. The highest BCUT2D eigenvalue weighted by molar-refractivity contribution is 6.00. The van der Waals surface area contributed by atoms with Gasteiger partial charge in [0.25, 0.3) is 11.6 Å². The van der Waals surface area contributed by atoms with Gasteiger partial charge in [0.15, 0.2) is 17.5 Å². The normalized spacial score (nSPS) is 10.3. The number of nitrogens with one attached hydrogen (secondary N) is 3. The minimum absolute atomic E-state index is 0.0953. The van der Waals surface area contributed by atoms with Crippen LogP contribution in [0.5, 0.6) is 0 Å². The summed E-state index contributed by atoms with van der Waals surface area (Å²) in [4.78, 5) is 34.9. The van der Waals surface area contributed by atoms with Gasteiger partial charge in [-0.05, 0) is 36.4 Å². The topological polar surface area (TPSA) is 113 Å². The maximum atomic E-state index is 13.6. The minimum atomic E-state index is -1.75. The Hall–Kier alpha value is -4.41. The number of nitrogens with zero attached hydrogens (tertiary/aromatic N) is 1. The first-order valence-corrected chi connectivity index (χ1v) is 9.08. The van der Waals surface area contributed by atoms with E-state index in [-0.39, 0.29) is 16.9 Å². The number of hydrogen-bond donors (Lipinski definition) is 3. The molecule has 0 aromatic heterocycles. The lowest BCUT2D eigenvalue weighted by Gasteiger charge is -2.10. The van der Waals surface area contributed by atoms with Gasteiger partial charge in [-0.15, -0.1) is 0 Å². The Labute approximate surface area is 179 Å². The Bertz CT molecular complexity index is 1190. The van der Waals surface area contributed by atoms with Gasteiger partial charge in [0, 0.05) is 17.3 Å². The molecule has 0 aliphatic rings. The van der Waals surface area contributed by atoms with Crippen LogP contribution in [0.15, 0.2) is 60.7 Å². The second-order valence-corrected chi connectivity index (χ2v) is 6.43. The van der Waals surface area contributed by atoms with Crippen LogP contribution < -0.4 is 16.0 Å². The molecule has 0 atom stereocenters. The lowest BCUT2D eigenvalue weighted by molar-refractivity contribution is -0.383. The number of rotatable bonds is 7. The van der Waals surface area contributed by atoms with Crippen LogP contribution in [-0.2, 0) is 4.79 Å². The molecule has 3 N–H and O–H groups in total. The predicted octanol–water partition coefficient (Wildman–Crippen LogP) is 4.12. The average Bonchev–Trinajstić information content (AvgIpc) is 2.78. The van der Waals surface area contributed by atoms with E-state index in [0.29, 0.717) is 11.8 Å². The molecule has 0 unspecified atom stereocenters. The predicted molar refractivity (Wildman–Crippen MR) is 110 cm³/mol. The van der Waals surface area contributed by atoms with Gasteiger partial charge in [-0.3, -0.25) is 19.7 Å². The second kappa shape index (κ2) is 9.60. The van der Waals surface area contributed by atoms with Gasteiger partial charge in [-0.2, -0.15) is 0 Å². The standard InChI is InChI=1S/C21H15F3N4O4/c22-14-7-9-16(20(24)19(14)23)27-18(29)11-25-21(30)12-6-8-15(17(10-12)28(31)32)26-13-4-2-1-3-5-13/h1-10,26H,11H2,(H,25,30)(H,27,29). The molecule has 2 amide bonds. The fourth-order valence-electron chi connectivity index (χ4n) is 2.69. The number of nitro groups is 1. The van der Waals surface area contributed by atoms with Gasteiger partial charge >= 0.3 is 0 Å². The van der Waals surface area contributed by atoms with E-state index in [0.717, 1.165) is 12.1 Å². The van der Waals surface area contributed by atoms with E-state index in [1.54, 1.807) is 30.3 Å². The van der Waals surface area contributed by atoms with Gasteiger partial charge in [-0.1, -0.05) is 18.2 Å². The summed E-state index contributed by atoms with van der Waals surface area (Å²) in [5.74, 6) is -6.47. The number of hydrogen-bond acceptors (Lipinski definition) is 5. The summed E-state index contributed by atoms with van der Waals surface area (Å²) in [5, 5.41) is 18.5. The summed E-state index contributed by atoms with van der Waals surface area (Å²) in [7, 11) is 0. The molecule has 8 nitrogen and oxygen atoms in total. The molecule has 3 aromatic carbocycles. The van der Waals surface area contributed by atoms with Crippen molar-refractivity contribution in [2.24, 2.45) is 0 Å². The van der Waals surface area contributed by atoms with E-state index < -0.39 is 46.4 Å². The average molecular weight is 444 g/mol. The van der Waals surface area contributed by atoms with E-state index in [1.807, 2.05) is 5.32 Å². The monoisotopic (exact) mass is 444 g/mol. The quantitative estimate of drug-likeness (QED) is 0.288. The third-order valence-electron chi connectivity index (χ3n) is 4.23. The van der Waals surface area contributed by atoms with Crippen molar-refractivity contribution in [1.82, 2.24) is 5.32 Å². The van der Waals surface area contributed by atoms with Gasteiger partial charge in [-0.25, -0.2) is 13.2 Å². The van der Waals surface area contributed by atoms with Crippen LogP contribution in [-0.4, -0.2) is 23.3 Å². The van der Waals surface area contributed by atoms with E-state index in [2.05, 4.69) is 10.6 Å². The number of nitro benzene ring substituents is 1. The van der Waals surface area contributed by atoms with Gasteiger partial charge in [0.05, 0.1) is 17.2 Å². The first-order valence-electron chi connectivity index (χ1n) is 9.08. The lowest BCUT2D eigenvalue weighted by Crippen LogP contribution is -2.33. The fourth-order valence-corrected chi connectivity index (χ4v) is 2.69. The number of amides is 2. The summed E-state index contributed by atoms with van der Waals surface area (Å²) in [6.07, 6.45) is 0. The SMILES string of the molecule is O=C(CNC(=O)c1ccc(Nc2ccccc2)c([N+](=O)[O-])c1)Nc1ccc(F)c(F)c1F. The Morgan fingerprint density at radius 1 is 0.906 bits per heavy atom. The van der Waals surface area contributed by atoms with Crippen LogP contribution in [0.4, 0.5) is 35.9 Å². The Kier molecular flexibility index (Phi) is 6.68. The highest BCUT2D eigenvalue weighted by Crippen LogP contribution is 2.28. The molecule has 3 rings (SSSR count). The Morgan fingerprint density at radius 3 is 2.28 bits per heavy atom. The van der Waals surface area contributed by atoms with Gasteiger partial charge < -0.3 is 16.0 Å². The van der Waals surface area contributed by atoms with E-state index in [9.17, 15) is 32.9 Å². The van der Waals surface area contributed by atoms with Crippen LogP contribution in [0.2, 0.25) is 0 Å². The molecular formula is C21H15F3N4O4. The molecule has 0 spiro atoms. The van der Waals surface area contributed by atoms with Crippen molar-refractivity contribution in [2.45, 2.75) is 0 Å². The van der Waals surface area contributed by atoms with Gasteiger partial charge in [0.2, 0.25) is 5.91 Å². The molecule has 0 aliphatic carbocycles. The zero-order valence-electron chi connectivity index (χ0n) is 16.2. The van der Waals surface area contributed by atoms with Crippen molar-refractivity contribution in [2.75, 3.05) is 17.2 Å². The Morgan fingerprint density at radius 2 is 1.59 bits per heavy atom. The molecule has 32 heavy (non-hydrogen) atoms. The van der Waals surface area contributed by atoms with Crippen LogP contribution in [0.1, 0.15) is 10.4 Å². The highest BCUT2D eigenvalue weighted by Gasteiger charge is 2.19. The van der Waals surface area contributed by atoms with Crippen molar-refractivity contribution in [3.63, 3.8) is 0 Å². The third kappa shape index (κ3) is 5.19. The van der Waals surface area contributed by atoms with Crippen LogP contribution in [0.25, 0.3) is 0 Å². The lowest BCUT2D eigenvalue weighted by atomic mass is 10.1. The summed E-state index contributed by atoms with van der Waals surface area (Å²) < 4.78 is 39.8. The second-order valence-electron chi connectivity index (χ2n) is 6.43. The molecule has 0 saturated carbocycles. The summed E-state index contributed by atoms with van der Waals surface area (Å²) in [5.41, 5.74) is -0.301. The zero-order chi connectivity index (χ0) is 23.3. The van der Waals surface area contributed by atoms with Crippen LogP contribution >= 0.6 is 0 Å². The highest BCUT2D eigenvalue weighted by atomic mass is 19.2. The third-order valence-corrected chi connectivity index (χ3v) is 4.23. The number of carbonyl (C=O) groups is 2. The maximum absolute atomic E-state index is 13.6. The van der Waals surface area contributed by atoms with Crippen molar-refractivity contribution >= 4 is 34.6 Å². The van der Waals surface area contributed by atoms with Crippen LogP contribution in [0, 0.1) is 27.6 Å². The number of benzene rings is 3. The number of anilines is 3. The molecule has 11 heteroatoms. The van der Waals surface area contributed by atoms with E-state index >= 15 is 0 Å². The maximum Gasteiger partial charge on any atom is 0.293 e. The van der Waals surface area contributed by atoms with Crippen molar-refractivity contribution in [1.29, 1.82) is 0 Å². The minimum Gasteiger partial charge on any atom is -0.350 e. The zero-order valence-corrected chi connectivity index (χ0v) is 16.2. The molecule has 0 aliphatic heterocycles. The molecule has 3 aromatic rings. The van der Waals surface area contributed by atoms with Crippen molar-refractivity contribution < 1.29 is 27.7 Å². The van der Waals surface area contributed by atoms with Crippen LogP contribution in [0.3, 0.4) is 0 Å². The van der Waals surface area contributed by atoms with Gasteiger partial charge in [0.1, 0.15) is 5.69 Å². The molecular weight excluding hydrogens is 429 g/mol. The molecule has 0 heterocycles. The molecule has 0 bridgehead atoms. The molecule has 0 radical (unpaired) electrons. The first-order chi connectivity index (χ1) is 15.3. The summed E-state index contributed by atoms with van der Waals surface area (Å²) >= 11 is 0. The smallest absolute Gasteiger partial charge is 0.293 e. The van der Waals surface area contributed by atoms with E-state index in [4.69, 9.17) is 0 Å². The molecule has 164 valence electrons. The number of carbonyl (C=O) groups excluding carboxylic acids is 2. The fraction of sp³-hybridized carbons (Fsp3) is 0.0476. The van der Waals surface area contributed by atoms with Crippen molar-refractivity contribution in [3.8, 4) is 0 Å². The largest absolute Gasteiger partial charge is 0.350 e. The number of para-hydroxylation sites is 1. The molecule has 0 saturated heterocycles.